The van der Waals surface area contributed by atoms with Crippen molar-refractivity contribution in [3.63, 3.8) is 0 Å². The van der Waals surface area contributed by atoms with Gasteiger partial charge in [-0.3, -0.25) is 4.57 Å². The maximum atomic E-state index is 6.04. The molecule has 0 radical (unpaired) electrons. The lowest BCUT2D eigenvalue weighted by molar-refractivity contribution is 0.899. The molecule has 31 heavy (non-hydrogen) atoms. The molecule has 0 saturated heterocycles. The predicted octanol–water partition coefficient (Wildman–Crippen LogP) is 6.73. The van der Waals surface area contributed by atoms with Crippen molar-refractivity contribution in [1.29, 1.82) is 0 Å². The van der Waals surface area contributed by atoms with Crippen molar-refractivity contribution < 1.29 is 0 Å². The van der Waals surface area contributed by atoms with E-state index in [1.807, 2.05) is 55.5 Å². The van der Waals surface area contributed by atoms with Crippen molar-refractivity contribution in [3.8, 4) is 17.1 Å². The molecule has 5 nitrogen and oxygen atoms in total. The topological polar surface area (TPSA) is 55.1 Å². The second kappa shape index (κ2) is 9.39. The molecule has 0 aliphatic heterocycles. The highest BCUT2D eigenvalue weighted by molar-refractivity contribution is 7.71. The van der Waals surface area contributed by atoms with E-state index in [2.05, 4.69) is 20.5 Å². The molecule has 0 atom stereocenters. The number of anilines is 1. The van der Waals surface area contributed by atoms with Gasteiger partial charge in [-0.05, 0) is 73.2 Å². The Kier molecular flexibility index (Phi) is 6.42. The number of rotatable bonds is 5. The molecule has 1 aromatic heterocycles. The third-order valence-corrected chi connectivity index (χ3v) is 5.20. The highest BCUT2D eigenvalue weighted by Crippen LogP contribution is 2.23. The number of hydrazone groups is 1. The Morgan fingerprint density at radius 1 is 0.935 bits per heavy atom. The van der Waals surface area contributed by atoms with E-state index in [9.17, 15) is 0 Å². The molecule has 154 valence electrons. The number of benzene rings is 3. The maximum absolute atomic E-state index is 6.04. The summed E-state index contributed by atoms with van der Waals surface area (Å²) in [6.45, 7) is 2.03. The average molecular weight is 466 g/mol. The number of aromatic nitrogens is 3. The van der Waals surface area contributed by atoms with Crippen LogP contribution in [0.5, 0.6) is 0 Å². The van der Waals surface area contributed by atoms with Crippen molar-refractivity contribution in [2.45, 2.75) is 6.92 Å². The summed E-state index contributed by atoms with van der Waals surface area (Å²) >= 11 is 17.6. The van der Waals surface area contributed by atoms with Crippen molar-refractivity contribution >= 4 is 47.6 Å². The van der Waals surface area contributed by atoms with Crippen LogP contribution in [-0.2, 0) is 0 Å². The lowest BCUT2D eigenvalue weighted by atomic mass is 10.2. The van der Waals surface area contributed by atoms with Gasteiger partial charge in [-0.2, -0.15) is 15.1 Å². The molecule has 3 aromatic carbocycles. The predicted molar refractivity (Wildman–Crippen MR) is 130 cm³/mol. The number of nitrogens with one attached hydrogen (secondary N) is 1. The first-order chi connectivity index (χ1) is 15.0. The molecule has 0 amide bonds. The Hall–Kier alpha value is -3.06. The zero-order valence-corrected chi connectivity index (χ0v) is 18.8. The molecule has 8 heteroatoms. The van der Waals surface area contributed by atoms with Gasteiger partial charge in [-0.25, -0.2) is 5.43 Å². The third kappa shape index (κ3) is 5.17. The van der Waals surface area contributed by atoms with Crippen molar-refractivity contribution in [2.24, 2.45) is 5.10 Å². The average Bonchev–Trinajstić information content (AvgIpc) is 2.75. The summed E-state index contributed by atoms with van der Waals surface area (Å²) in [6, 6.07) is 22.5. The molecule has 1 heterocycles. The van der Waals surface area contributed by atoms with Gasteiger partial charge in [0.05, 0.1) is 11.9 Å². The van der Waals surface area contributed by atoms with Gasteiger partial charge in [-0.15, -0.1) is 0 Å². The first-order valence-electron chi connectivity index (χ1n) is 9.38. The van der Waals surface area contributed by atoms with Gasteiger partial charge in [0.15, 0.2) is 5.82 Å². The second-order valence-corrected chi connectivity index (χ2v) is 7.99. The smallest absolute Gasteiger partial charge is 0.232 e. The molecule has 0 bridgehead atoms. The minimum absolute atomic E-state index is 0.329. The number of nitrogens with zero attached hydrogens (tertiary/aromatic N) is 4. The van der Waals surface area contributed by atoms with E-state index < -0.39 is 0 Å². The number of hydrogen-bond acceptors (Lipinski definition) is 5. The second-order valence-electron chi connectivity index (χ2n) is 6.76. The molecule has 4 aromatic rings. The van der Waals surface area contributed by atoms with Crippen LogP contribution in [0, 0.1) is 11.7 Å². The highest BCUT2D eigenvalue weighted by atomic mass is 35.5. The summed E-state index contributed by atoms with van der Waals surface area (Å²) < 4.78 is 2.04. The highest BCUT2D eigenvalue weighted by Gasteiger charge is 2.11. The molecular weight excluding hydrogens is 449 g/mol. The fourth-order valence-corrected chi connectivity index (χ4v) is 3.48. The van der Waals surface area contributed by atoms with Crippen LogP contribution in [0.3, 0.4) is 0 Å². The molecule has 0 saturated carbocycles. The Labute approximate surface area is 195 Å². The zero-order valence-electron chi connectivity index (χ0n) is 16.5. The van der Waals surface area contributed by atoms with Gasteiger partial charge in [0, 0.05) is 15.6 Å². The molecule has 0 spiro atoms. The van der Waals surface area contributed by atoms with Gasteiger partial charge < -0.3 is 0 Å². The molecule has 1 N–H and O–H groups in total. The van der Waals surface area contributed by atoms with E-state index in [0.717, 1.165) is 22.4 Å². The molecule has 0 aliphatic rings. The summed E-state index contributed by atoms with van der Waals surface area (Å²) in [5.41, 5.74) is 6.70. The van der Waals surface area contributed by atoms with E-state index in [1.54, 1.807) is 35.0 Å². The summed E-state index contributed by atoms with van der Waals surface area (Å²) in [4.78, 5) is 9.17. The summed E-state index contributed by atoms with van der Waals surface area (Å²) in [6.07, 6.45) is 1.73. The lowest BCUT2D eigenvalue weighted by Gasteiger charge is -2.13. The van der Waals surface area contributed by atoms with E-state index >= 15 is 0 Å². The van der Waals surface area contributed by atoms with Gasteiger partial charge >= 0.3 is 0 Å². The fourth-order valence-electron chi connectivity index (χ4n) is 2.95. The van der Waals surface area contributed by atoms with E-state index in [-0.39, 0.29) is 0 Å². The summed E-state index contributed by atoms with van der Waals surface area (Å²) in [7, 11) is 0. The van der Waals surface area contributed by atoms with E-state index in [1.165, 1.54) is 0 Å². The quantitative estimate of drug-likeness (QED) is 0.201. The lowest BCUT2D eigenvalue weighted by Crippen LogP contribution is -2.10. The molecule has 0 aliphatic carbocycles. The zero-order chi connectivity index (χ0) is 21.8. The van der Waals surface area contributed by atoms with Crippen LogP contribution in [0.4, 0.5) is 5.95 Å². The summed E-state index contributed by atoms with van der Waals surface area (Å²) in [5, 5.41) is 5.63. The van der Waals surface area contributed by atoms with Crippen molar-refractivity contribution in [2.75, 3.05) is 5.43 Å². The Morgan fingerprint density at radius 3 is 2.29 bits per heavy atom. The van der Waals surface area contributed by atoms with Crippen LogP contribution in [-0.4, -0.2) is 20.7 Å². The van der Waals surface area contributed by atoms with Crippen LogP contribution < -0.4 is 5.43 Å². The number of aryl methyl sites for hydroxylation is 1. The van der Waals surface area contributed by atoms with Crippen LogP contribution in [0.25, 0.3) is 17.1 Å². The standard InChI is InChI=1S/C23H17Cl2N5S/c1-15-3-2-4-16(13-15)14-26-29-22-27-21(17-5-7-18(24)8-6-17)28-23(31)30(22)20-11-9-19(25)10-12-20/h2-14H,1H3,(H,27,28,29,31)/b26-14+. The van der Waals surface area contributed by atoms with Crippen LogP contribution in [0.2, 0.25) is 10.0 Å². The van der Waals surface area contributed by atoms with Gasteiger partial charge in [0.2, 0.25) is 10.7 Å². The third-order valence-electron chi connectivity index (χ3n) is 4.42. The van der Waals surface area contributed by atoms with Gasteiger partial charge in [0.25, 0.3) is 0 Å². The van der Waals surface area contributed by atoms with Gasteiger partial charge in [-0.1, -0.05) is 53.0 Å². The monoisotopic (exact) mass is 465 g/mol. The molecule has 0 fully saturated rings. The molecule has 4 rings (SSSR count). The van der Waals surface area contributed by atoms with Gasteiger partial charge in [0.1, 0.15) is 0 Å². The number of halogens is 2. The number of hydrogen-bond donors (Lipinski definition) is 1. The maximum Gasteiger partial charge on any atom is 0.232 e. The SMILES string of the molecule is Cc1cccc(/C=N/Nc2nc(-c3ccc(Cl)cc3)nc(=S)n2-c2ccc(Cl)cc2)c1. The van der Waals surface area contributed by atoms with Crippen molar-refractivity contribution in [3.05, 3.63) is 98.7 Å². The minimum atomic E-state index is 0.329. The Morgan fingerprint density at radius 2 is 1.61 bits per heavy atom. The largest absolute Gasteiger partial charge is 0.254 e. The van der Waals surface area contributed by atoms with E-state index in [4.69, 9.17) is 35.4 Å². The fraction of sp³-hybridized carbons (Fsp3) is 0.0435. The first kappa shape index (κ1) is 21.2. The van der Waals surface area contributed by atoms with E-state index in [0.29, 0.717) is 26.6 Å². The molecule has 0 unspecified atom stereocenters. The Bertz CT molecular complexity index is 1300. The van der Waals surface area contributed by atoms with Crippen molar-refractivity contribution in [1.82, 2.24) is 14.5 Å². The minimum Gasteiger partial charge on any atom is -0.254 e. The molecular formula is C23H17Cl2N5S. The first-order valence-corrected chi connectivity index (χ1v) is 10.5. The summed E-state index contributed by atoms with van der Waals surface area (Å²) in [5.74, 6) is 0.899. The van der Waals surface area contributed by atoms with Crippen LogP contribution in [0.15, 0.2) is 77.9 Å². The normalized spacial score (nSPS) is 11.1. The van der Waals surface area contributed by atoms with Crippen LogP contribution in [0.1, 0.15) is 11.1 Å². The Balaban J connectivity index is 1.77. The van der Waals surface area contributed by atoms with Crippen LogP contribution >= 0.6 is 35.4 Å².